The van der Waals surface area contributed by atoms with Crippen LogP contribution in [0.4, 0.5) is 0 Å². The minimum absolute atomic E-state index is 0.0468. The van der Waals surface area contributed by atoms with E-state index in [-0.39, 0.29) is 5.91 Å². The van der Waals surface area contributed by atoms with Crippen molar-refractivity contribution in [3.63, 3.8) is 0 Å². The number of amides is 1. The summed E-state index contributed by atoms with van der Waals surface area (Å²) in [6, 6.07) is 0.332. The van der Waals surface area contributed by atoms with Gasteiger partial charge in [0.15, 0.2) is 0 Å². The summed E-state index contributed by atoms with van der Waals surface area (Å²) in [7, 11) is 0. The average Bonchev–Trinajstić information content (AvgIpc) is 2.19. The predicted molar refractivity (Wildman–Crippen MR) is 59.0 cm³/mol. The maximum atomic E-state index is 11.3. The van der Waals surface area contributed by atoms with E-state index in [2.05, 4.69) is 12.2 Å². The zero-order valence-corrected chi connectivity index (χ0v) is 9.25. The van der Waals surface area contributed by atoms with Crippen molar-refractivity contribution in [2.75, 3.05) is 0 Å². The van der Waals surface area contributed by atoms with Crippen LogP contribution in [-0.4, -0.2) is 11.9 Å². The summed E-state index contributed by atoms with van der Waals surface area (Å²) in [5.41, 5.74) is 0. The lowest BCUT2D eigenvalue weighted by Gasteiger charge is -2.27. The van der Waals surface area contributed by atoms with Crippen LogP contribution in [0, 0.1) is 5.92 Å². The molecule has 0 heterocycles. The molecule has 80 valence electrons. The number of allylic oxidation sites excluding steroid dienone is 1. The monoisotopic (exact) mass is 195 g/mol. The molecular weight excluding hydrogens is 174 g/mol. The maximum Gasteiger partial charge on any atom is 0.243 e. The molecule has 1 aliphatic carbocycles. The van der Waals surface area contributed by atoms with E-state index >= 15 is 0 Å². The number of rotatable bonds is 3. The highest BCUT2D eigenvalue weighted by Gasteiger charge is 2.20. The van der Waals surface area contributed by atoms with Gasteiger partial charge in [-0.25, -0.2) is 0 Å². The zero-order chi connectivity index (χ0) is 10.4. The molecule has 2 nitrogen and oxygen atoms in total. The molecule has 0 unspecified atom stereocenters. The van der Waals surface area contributed by atoms with Gasteiger partial charge in [-0.3, -0.25) is 4.79 Å². The fourth-order valence-electron chi connectivity index (χ4n) is 2.18. The minimum atomic E-state index is 0.0468. The fraction of sp³-hybridized carbons (Fsp3) is 0.750. The lowest BCUT2D eigenvalue weighted by Crippen LogP contribution is -2.37. The molecule has 1 fully saturated rings. The largest absolute Gasteiger partial charge is 0.350 e. The van der Waals surface area contributed by atoms with Crippen molar-refractivity contribution in [2.45, 2.75) is 52.0 Å². The summed E-state index contributed by atoms with van der Waals surface area (Å²) in [6.07, 6.45) is 9.95. The van der Waals surface area contributed by atoms with Crippen molar-refractivity contribution in [1.82, 2.24) is 5.32 Å². The normalized spacial score (nSPS) is 21.0. The smallest absolute Gasteiger partial charge is 0.243 e. The van der Waals surface area contributed by atoms with Crippen LogP contribution in [0.2, 0.25) is 0 Å². The Balaban J connectivity index is 2.32. The summed E-state index contributed by atoms with van der Waals surface area (Å²) in [4.78, 5) is 11.3. The molecule has 0 aromatic rings. The third-order valence-corrected chi connectivity index (χ3v) is 3.04. The van der Waals surface area contributed by atoms with Crippen LogP contribution in [0.5, 0.6) is 0 Å². The lowest BCUT2D eigenvalue weighted by molar-refractivity contribution is -0.117. The molecule has 0 spiro atoms. The second-order valence-electron chi connectivity index (χ2n) is 4.20. The summed E-state index contributed by atoms with van der Waals surface area (Å²) in [6.45, 7) is 3.99. The van der Waals surface area contributed by atoms with Crippen LogP contribution in [0.1, 0.15) is 46.0 Å². The fourth-order valence-corrected chi connectivity index (χ4v) is 2.18. The Kier molecular flexibility index (Phi) is 4.71. The Hall–Kier alpha value is -0.790. The van der Waals surface area contributed by atoms with Gasteiger partial charge in [-0.2, -0.15) is 0 Å². The topological polar surface area (TPSA) is 29.1 Å². The molecule has 1 atom stereocenters. The van der Waals surface area contributed by atoms with E-state index in [1.165, 1.54) is 32.1 Å². The van der Waals surface area contributed by atoms with Crippen molar-refractivity contribution in [3.8, 4) is 0 Å². The maximum absolute atomic E-state index is 11.3. The van der Waals surface area contributed by atoms with Gasteiger partial charge < -0.3 is 5.32 Å². The molecular formula is C12H21NO. The van der Waals surface area contributed by atoms with E-state index in [1.807, 2.05) is 6.92 Å². The first-order valence-corrected chi connectivity index (χ1v) is 5.67. The summed E-state index contributed by atoms with van der Waals surface area (Å²) < 4.78 is 0. The van der Waals surface area contributed by atoms with Crippen LogP contribution in [0.3, 0.4) is 0 Å². The van der Waals surface area contributed by atoms with Gasteiger partial charge in [0, 0.05) is 6.04 Å². The zero-order valence-electron chi connectivity index (χ0n) is 9.25. The van der Waals surface area contributed by atoms with Crippen molar-refractivity contribution in [1.29, 1.82) is 0 Å². The molecule has 14 heavy (non-hydrogen) atoms. The van der Waals surface area contributed by atoms with Gasteiger partial charge in [0.1, 0.15) is 0 Å². The highest BCUT2D eigenvalue weighted by Crippen LogP contribution is 2.26. The third-order valence-electron chi connectivity index (χ3n) is 3.04. The Morgan fingerprint density at radius 3 is 2.57 bits per heavy atom. The molecule has 0 saturated heterocycles. The summed E-state index contributed by atoms with van der Waals surface area (Å²) >= 11 is 0. The molecule has 0 aliphatic heterocycles. The van der Waals surface area contributed by atoms with Gasteiger partial charge in [-0.05, 0) is 38.7 Å². The van der Waals surface area contributed by atoms with Crippen LogP contribution in [-0.2, 0) is 4.79 Å². The number of carbonyl (C=O) groups excluding carboxylic acids is 1. The Morgan fingerprint density at radius 1 is 1.36 bits per heavy atom. The van der Waals surface area contributed by atoms with E-state index < -0.39 is 0 Å². The summed E-state index contributed by atoms with van der Waals surface area (Å²) in [5.74, 6) is 0.739. The Bertz CT molecular complexity index is 204. The highest BCUT2D eigenvalue weighted by molar-refractivity contribution is 5.87. The Labute approximate surface area is 86.8 Å². The number of nitrogens with one attached hydrogen (secondary N) is 1. The van der Waals surface area contributed by atoms with E-state index in [9.17, 15) is 4.79 Å². The summed E-state index contributed by atoms with van der Waals surface area (Å²) in [5, 5.41) is 3.02. The first kappa shape index (κ1) is 11.3. The first-order chi connectivity index (χ1) is 6.74. The second kappa shape index (κ2) is 5.84. The van der Waals surface area contributed by atoms with E-state index in [0.29, 0.717) is 12.0 Å². The van der Waals surface area contributed by atoms with E-state index in [0.717, 1.165) is 0 Å². The number of hydrogen-bond donors (Lipinski definition) is 1. The van der Waals surface area contributed by atoms with E-state index in [1.54, 1.807) is 12.2 Å². The second-order valence-corrected chi connectivity index (χ2v) is 4.20. The van der Waals surface area contributed by atoms with Crippen LogP contribution in [0.25, 0.3) is 0 Å². The van der Waals surface area contributed by atoms with Gasteiger partial charge in [0.25, 0.3) is 0 Å². The van der Waals surface area contributed by atoms with Crippen LogP contribution < -0.4 is 5.32 Å². The van der Waals surface area contributed by atoms with Gasteiger partial charge in [0.05, 0.1) is 0 Å². The molecule has 0 aromatic heterocycles. The standard InChI is InChI=1S/C12H21NO/c1-3-7-12(14)13-10(2)11-8-5-4-6-9-11/h3,7,10-11H,4-6,8-9H2,1-2H3,(H,13,14)/b7-3+/t10-/m0/s1. The molecule has 1 N–H and O–H groups in total. The molecule has 1 rings (SSSR count). The van der Waals surface area contributed by atoms with Crippen LogP contribution >= 0.6 is 0 Å². The molecule has 0 radical (unpaired) electrons. The lowest BCUT2D eigenvalue weighted by atomic mass is 9.84. The molecule has 0 aromatic carbocycles. The quantitative estimate of drug-likeness (QED) is 0.689. The van der Waals surface area contributed by atoms with Gasteiger partial charge >= 0.3 is 0 Å². The molecule has 0 bridgehead atoms. The van der Waals surface area contributed by atoms with Crippen molar-refractivity contribution >= 4 is 5.91 Å². The highest BCUT2D eigenvalue weighted by atomic mass is 16.1. The number of hydrogen-bond acceptors (Lipinski definition) is 1. The van der Waals surface area contributed by atoms with Crippen molar-refractivity contribution in [3.05, 3.63) is 12.2 Å². The minimum Gasteiger partial charge on any atom is -0.350 e. The van der Waals surface area contributed by atoms with Gasteiger partial charge in [0.2, 0.25) is 5.91 Å². The molecule has 1 saturated carbocycles. The Morgan fingerprint density at radius 2 is 2.00 bits per heavy atom. The molecule has 1 amide bonds. The van der Waals surface area contributed by atoms with E-state index in [4.69, 9.17) is 0 Å². The van der Waals surface area contributed by atoms with Crippen LogP contribution in [0.15, 0.2) is 12.2 Å². The average molecular weight is 195 g/mol. The first-order valence-electron chi connectivity index (χ1n) is 5.67. The van der Waals surface area contributed by atoms with Gasteiger partial charge in [-0.1, -0.05) is 25.3 Å². The molecule has 1 aliphatic rings. The number of carbonyl (C=O) groups is 1. The predicted octanol–water partition coefficient (Wildman–Crippen LogP) is 2.65. The molecule has 2 heteroatoms. The third kappa shape index (κ3) is 3.52. The SMILES string of the molecule is C/C=C/C(=O)N[C@@H](C)C1CCCCC1. The van der Waals surface area contributed by atoms with Gasteiger partial charge in [-0.15, -0.1) is 0 Å². The van der Waals surface area contributed by atoms with Crippen molar-refractivity contribution in [2.24, 2.45) is 5.92 Å². The van der Waals surface area contributed by atoms with Crippen molar-refractivity contribution < 1.29 is 4.79 Å².